The predicted molar refractivity (Wildman–Crippen MR) is 197 cm³/mol. The van der Waals surface area contributed by atoms with Gasteiger partial charge >= 0.3 is 29.8 Å². The number of hydrogen-bond donors (Lipinski definition) is 2. The zero-order chi connectivity index (χ0) is 43.8. The van der Waals surface area contributed by atoms with Crippen LogP contribution < -0.4 is 10.9 Å². The number of methoxy groups -OCH3 is 10. The van der Waals surface area contributed by atoms with E-state index in [0.29, 0.717) is 0 Å². The second-order valence-electron chi connectivity index (χ2n) is 10.6. The Labute approximate surface area is 327 Å². The number of nitrogens with zero attached hydrogens (tertiary/aromatic N) is 3. The van der Waals surface area contributed by atoms with Gasteiger partial charge in [0.15, 0.2) is 29.7 Å². The summed E-state index contributed by atoms with van der Waals surface area (Å²) in [5, 5.41) is 18.2. The van der Waals surface area contributed by atoms with Gasteiger partial charge in [-0.05, 0) is 6.92 Å². The number of carbonyl (C=O) groups excluding carboxylic acids is 4. The zero-order valence-electron chi connectivity index (χ0n) is 33.4. The molecule has 2 aromatic rings. The van der Waals surface area contributed by atoms with E-state index in [0.717, 1.165) is 32.5 Å². The third kappa shape index (κ3) is 16.5. The largest absolute Gasteiger partial charge is 0.512 e. The molecule has 0 unspecified atom stereocenters. The summed E-state index contributed by atoms with van der Waals surface area (Å²) in [4.78, 5) is 84.4. The molecule has 0 saturated carbocycles. The lowest BCUT2D eigenvalue weighted by Gasteiger charge is -2.18. The number of aliphatic hydroxyl groups is 1. The lowest BCUT2D eigenvalue weighted by Crippen LogP contribution is -2.28. The average Bonchev–Trinajstić information content (AvgIpc) is 3.21. The van der Waals surface area contributed by atoms with E-state index < -0.39 is 65.1 Å². The molecule has 0 amide bonds. The van der Waals surface area contributed by atoms with Crippen LogP contribution >= 0.6 is 0 Å². The van der Waals surface area contributed by atoms with Gasteiger partial charge in [-0.3, -0.25) is 14.6 Å². The van der Waals surface area contributed by atoms with Crippen LogP contribution in [0.1, 0.15) is 48.6 Å². The van der Waals surface area contributed by atoms with E-state index in [1.807, 2.05) is 0 Å². The van der Waals surface area contributed by atoms with Gasteiger partial charge in [-0.1, -0.05) is 0 Å². The molecule has 57 heavy (non-hydrogen) atoms. The van der Waals surface area contributed by atoms with Gasteiger partial charge in [0.1, 0.15) is 33.8 Å². The van der Waals surface area contributed by atoms with Crippen LogP contribution in [0.3, 0.4) is 0 Å². The lowest BCUT2D eigenvalue weighted by molar-refractivity contribution is -0.135. The minimum Gasteiger partial charge on any atom is -0.512 e. The molecule has 0 atom stereocenters. The summed E-state index contributed by atoms with van der Waals surface area (Å²) in [6.07, 6.45) is 1.65. The third-order valence-corrected chi connectivity index (χ3v) is 7.22. The Balaban J connectivity index is 0.000000834. The fraction of sp³-hybridized carbons (Fsp3) is 0.486. The number of pyridine rings is 2. The molecule has 0 aromatic carbocycles. The van der Waals surface area contributed by atoms with E-state index in [9.17, 15) is 38.7 Å². The first-order valence-electron chi connectivity index (χ1n) is 16.1. The summed E-state index contributed by atoms with van der Waals surface area (Å²) < 4.78 is 50.6. The quantitative estimate of drug-likeness (QED) is 0.0522. The molecule has 0 aliphatic rings. The van der Waals surface area contributed by atoms with Crippen molar-refractivity contribution in [3.05, 3.63) is 78.8 Å². The Hall–Kier alpha value is -5.78. The fourth-order valence-electron chi connectivity index (χ4n) is 4.13. The standard InChI is InChI=1S/C13H17NO7.C12H15NO7.C10H17NO5/c1-18-11(19-2)7-14-6-8(12(16)20-3)10(15)5-9(14)13(17)21-4;1-18-10(19-2)6-13-5-7(11(15)16)9(14)4-8(13)12(17)20-3;1-7(12)8(10(13)16-4)5-11-6-9(14-2)15-3/h5-6,11H,7H2,1-4H3;4-5,10H,6H2,1-3H3,(H,15,16);5,9,12H,6H2,1-4H3. The predicted octanol–water partition coefficient (Wildman–Crippen LogP) is 0.674. The van der Waals surface area contributed by atoms with Crippen molar-refractivity contribution in [3.63, 3.8) is 0 Å². The van der Waals surface area contributed by atoms with Gasteiger partial charge in [0, 0.05) is 73.4 Å². The number of aliphatic imine (C=N–C) groups is 1. The first kappa shape index (κ1) is 51.2. The molecule has 22 heteroatoms. The highest BCUT2D eigenvalue weighted by Crippen LogP contribution is 2.09. The van der Waals surface area contributed by atoms with Crippen molar-refractivity contribution in [2.45, 2.75) is 38.9 Å². The summed E-state index contributed by atoms with van der Waals surface area (Å²) >= 11 is 0. The van der Waals surface area contributed by atoms with Gasteiger partial charge < -0.3 is 66.7 Å². The minimum atomic E-state index is -1.38. The highest BCUT2D eigenvalue weighted by Gasteiger charge is 2.21. The van der Waals surface area contributed by atoms with Crippen molar-refractivity contribution in [1.82, 2.24) is 9.13 Å². The summed E-state index contributed by atoms with van der Waals surface area (Å²) in [7, 11) is 13.3. The molecule has 2 rings (SSSR count). The van der Waals surface area contributed by atoms with Crippen molar-refractivity contribution in [2.24, 2.45) is 4.99 Å². The van der Waals surface area contributed by atoms with Crippen molar-refractivity contribution >= 4 is 36.1 Å². The maximum absolute atomic E-state index is 11.9. The molecule has 0 spiro atoms. The maximum atomic E-state index is 11.9. The molecular formula is C35H49N3O19. The molecule has 0 radical (unpaired) electrons. The number of rotatable bonds is 18. The van der Waals surface area contributed by atoms with Crippen LogP contribution in [0.5, 0.6) is 0 Å². The third-order valence-electron chi connectivity index (χ3n) is 7.22. The molecule has 318 valence electrons. The van der Waals surface area contributed by atoms with Crippen LogP contribution in [0.25, 0.3) is 0 Å². The number of allylic oxidation sites excluding steroid dienone is 1. The van der Waals surface area contributed by atoms with E-state index in [2.05, 4.69) is 23.9 Å². The van der Waals surface area contributed by atoms with E-state index in [-0.39, 0.29) is 47.9 Å². The van der Waals surface area contributed by atoms with Crippen molar-refractivity contribution < 1.29 is 81.6 Å². The van der Waals surface area contributed by atoms with Gasteiger partial charge in [0.05, 0.1) is 48.1 Å². The minimum absolute atomic E-state index is 0.00783. The fourth-order valence-corrected chi connectivity index (χ4v) is 4.13. The summed E-state index contributed by atoms with van der Waals surface area (Å²) in [5.41, 5.74) is -2.16. The van der Waals surface area contributed by atoms with Crippen molar-refractivity contribution in [2.75, 3.05) is 77.6 Å². The van der Waals surface area contributed by atoms with E-state index in [4.69, 9.17) is 33.5 Å². The first-order valence-corrected chi connectivity index (χ1v) is 16.1. The molecule has 0 aliphatic heterocycles. The number of esters is 4. The van der Waals surface area contributed by atoms with Crippen LogP contribution in [-0.4, -0.2) is 152 Å². The number of hydrogen-bond acceptors (Lipinski definition) is 19. The number of aromatic nitrogens is 2. The van der Waals surface area contributed by atoms with Crippen molar-refractivity contribution in [3.8, 4) is 0 Å². The molecule has 22 nitrogen and oxygen atoms in total. The molecule has 0 aliphatic carbocycles. The SMILES string of the molecule is COC(=O)C(C=NCC(OC)OC)=C(C)O.COC(=O)c1cc(=O)c(C(=O)O)cn1CC(OC)OC.COC(=O)c1cn(CC(OC)OC)c(C(=O)OC)cc1=O. The molecular weight excluding hydrogens is 766 g/mol. The van der Waals surface area contributed by atoms with E-state index in [1.54, 1.807) is 0 Å². The molecule has 2 heterocycles. The van der Waals surface area contributed by atoms with Crippen LogP contribution in [0.2, 0.25) is 0 Å². The van der Waals surface area contributed by atoms with E-state index in [1.165, 1.54) is 85.3 Å². The van der Waals surface area contributed by atoms with Crippen LogP contribution in [0.4, 0.5) is 0 Å². The molecule has 0 saturated heterocycles. The van der Waals surface area contributed by atoms with Gasteiger partial charge in [0.25, 0.3) is 0 Å². The molecule has 2 N–H and O–H groups in total. The van der Waals surface area contributed by atoms with E-state index >= 15 is 0 Å². The Morgan fingerprint density at radius 2 is 1.00 bits per heavy atom. The zero-order valence-corrected chi connectivity index (χ0v) is 33.4. The second kappa shape index (κ2) is 26.9. The molecule has 0 bridgehead atoms. The smallest absolute Gasteiger partial charge is 0.354 e. The Morgan fingerprint density at radius 1 is 0.614 bits per heavy atom. The maximum Gasteiger partial charge on any atom is 0.354 e. The normalized spacial score (nSPS) is 11.3. The van der Waals surface area contributed by atoms with Gasteiger partial charge in [-0.15, -0.1) is 0 Å². The second-order valence-corrected chi connectivity index (χ2v) is 10.6. The number of aliphatic hydroxyl groups excluding tert-OH is 1. The number of carboxylic acid groups (broad SMARTS) is 1. The molecule has 0 fully saturated rings. The topological polar surface area (TPSA) is 274 Å². The monoisotopic (exact) mass is 815 g/mol. The highest BCUT2D eigenvalue weighted by molar-refractivity contribution is 6.09. The average molecular weight is 816 g/mol. The summed E-state index contributed by atoms with van der Waals surface area (Å²) in [5.74, 6) is -4.44. The molecule has 2 aromatic heterocycles. The summed E-state index contributed by atoms with van der Waals surface area (Å²) in [6.45, 7) is 1.71. The van der Waals surface area contributed by atoms with Gasteiger partial charge in [-0.2, -0.15) is 0 Å². The number of ether oxygens (including phenoxy) is 10. The Kier molecular flexibility index (Phi) is 24.2. The Morgan fingerprint density at radius 3 is 1.33 bits per heavy atom. The van der Waals surface area contributed by atoms with Crippen molar-refractivity contribution in [1.29, 1.82) is 0 Å². The van der Waals surface area contributed by atoms with Gasteiger partial charge in [0.2, 0.25) is 0 Å². The lowest BCUT2D eigenvalue weighted by atomic mass is 10.2. The first-order chi connectivity index (χ1) is 27.0. The van der Waals surface area contributed by atoms with Gasteiger partial charge in [-0.25, -0.2) is 24.0 Å². The Bertz CT molecular complexity index is 1820. The van der Waals surface area contributed by atoms with Crippen LogP contribution in [0.15, 0.2) is 50.4 Å². The number of carboxylic acids is 1. The summed E-state index contributed by atoms with van der Waals surface area (Å²) in [6, 6.07) is 1.93. The number of carbonyl (C=O) groups is 5. The van der Waals surface area contributed by atoms with Crippen LogP contribution in [-0.2, 0) is 65.3 Å². The van der Waals surface area contributed by atoms with Crippen LogP contribution in [0, 0.1) is 0 Å². The number of aromatic carboxylic acids is 1. The highest BCUT2D eigenvalue weighted by atomic mass is 16.7.